The minimum Gasteiger partial charge on any atom is -0.393 e. The number of aliphatic hydroxyl groups is 1. The highest BCUT2D eigenvalue weighted by Crippen LogP contribution is 2.38. The van der Waals surface area contributed by atoms with Gasteiger partial charge in [-0.05, 0) is 50.6 Å². The number of carbonyl (C=O) groups excluding carboxylic acids is 1. The largest absolute Gasteiger partial charge is 0.393 e. The van der Waals surface area contributed by atoms with Gasteiger partial charge in [0.2, 0.25) is 5.91 Å². The lowest BCUT2D eigenvalue weighted by Gasteiger charge is -2.38. The van der Waals surface area contributed by atoms with Crippen LogP contribution in [0.2, 0.25) is 0 Å². The average Bonchev–Trinajstić information content (AvgIpc) is 2.48. The van der Waals surface area contributed by atoms with Crippen LogP contribution in [0.3, 0.4) is 0 Å². The van der Waals surface area contributed by atoms with E-state index in [9.17, 15) is 9.90 Å². The minimum absolute atomic E-state index is 0.00505. The Labute approximate surface area is 136 Å². The number of hydrogen-bond acceptors (Lipinski definition) is 4. The Kier molecular flexibility index (Phi) is 4.59. The number of nitrogens with one attached hydrogen (secondary N) is 1. The molecule has 0 aliphatic heterocycles. The van der Waals surface area contributed by atoms with Gasteiger partial charge in [-0.3, -0.25) is 9.78 Å². The molecule has 2 aromatic rings. The predicted molar refractivity (Wildman–Crippen MR) is 89.9 cm³/mol. The number of para-hydroxylation sites is 1. The molecule has 5 nitrogen and oxygen atoms in total. The maximum absolute atomic E-state index is 12.2. The zero-order chi connectivity index (χ0) is 16.4. The van der Waals surface area contributed by atoms with Crippen molar-refractivity contribution in [1.29, 1.82) is 0 Å². The lowest BCUT2D eigenvalue weighted by atomic mass is 9.75. The summed E-state index contributed by atoms with van der Waals surface area (Å²) in [5.41, 5.74) is 1.95. The second-order valence-electron chi connectivity index (χ2n) is 6.63. The van der Waals surface area contributed by atoms with Crippen molar-refractivity contribution < 1.29 is 9.90 Å². The molecule has 23 heavy (non-hydrogen) atoms. The molecule has 0 spiro atoms. The predicted octanol–water partition coefficient (Wildman–Crippen LogP) is 1.72. The quantitative estimate of drug-likeness (QED) is 0.882. The third-order valence-electron chi connectivity index (χ3n) is 4.37. The topological polar surface area (TPSA) is 65.5 Å². The second-order valence-corrected chi connectivity index (χ2v) is 6.63. The molecule has 2 N–H and O–H groups in total. The molecule has 1 aliphatic rings. The van der Waals surface area contributed by atoms with Crippen LogP contribution in [0.4, 0.5) is 0 Å². The van der Waals surface area contributed by atoms with Gasteiger partial charge in [-0.15, -0.1) is 0 Å². The molecule has 0 unspecified atom stereocenters. The number of amides is 1. The fraction of sp³-hybridized carbons (Fsp3) is 0.444. The molecule has 1 saturated carbocycles. The normalized spacial score (nSPS) is 21.9. The summed E-state index contributed by atoms with van der Waals surface area (Å²) in [7, 11) is 3.75. The molecule has 1 aromatic carbocycles. The smallest absolute Gasteiger partial charge is 0.234 e. The summed E-state index contributed by atoms with van der Waals surface area (Å²) in [6.45, 7) is 0.354. The Balaban J connectivity index is 1.85. The first-order valence-corrected chi connectivity index (χ1v) is 8.00. The molecule has 1 fully saturated rings. The lowest BCUT2D eigenvalue weighted by molar-refractivity contribution is -0.123. The van der Waals surface area contributed by atoms with Crippen LogP contribution in [0.5, 0.6) is 0 Å². The SMILES string of the molecule is CN(C)CC(=O)N[C@@H](c1cnc2ccccc2c1)C1CC(O)C1. The Hall–Kier alpha value is -1.98. The number of carbonyl (C=O) groups is 1. The first-order chi connectivity index (χ1) is 11.0. The van der Waals surface area contributed by atoms with Crippen LogP contribution in [-0.2, 0) is 4.79 Å². The van der Waals surface area contributed by atoms with Crippen molar-refractivity contribution in [3.8, 4) is 0 Å². The van der Waals surface area contributed by atoms with E-state index in [0.29, 0.717) is 6.54 Å². The first kappa shape index (κ1) is 15.9. The van der Waals surface area contributed by atoms with Gasteiger partial charge in [-0.25, -0.2) is 0 Å². The number of rotatable bonds is 5. The summed E-state index contributed by atoms with van der Waals surface area (Å²) in [5.74, 6) is 0.258. The monoisotopic (exact) mass is 313 g/mol. The third kappa shape index (κ3) is 3.68. The third-order valence-corrected chi connectivity index (χ3v) is 4.37. The molecule has 0 saturated heterocycles. The van der Waals surface area contributed by atoms with Gasteiger partial charge in [0, 0.05) is 11.6 Å². The molecule has 3 rings (SSSR count). The van der Waals surface area contributed by atoms with E-state index in [-0.39, 0.29) is 24.0 Å². The van der Waals surface area contributed by atoms with E-state index in [1.807, 2.05) is 49.5 Å². The summed E-state index contributed by atoms with van der Waals surface area (Å²) in [6.07, 6.45) is 3.04. The van der Waals surface area contributed by atoms with Crippen molar-refractivity contribution >= 4 is 16.8 Å². The molecule has 1 aromatic heterocycles. The minimum atomic E-state index is -0.248. The van der Waals surface area contributed by atoms with Gasteiger partial charge >= 0.3 is 0 Å². The number of likely N-dealkylation sites (N-methyl/N-ethyl adjacent to an activating group) is 1. The van der Waals surface area contributed by atoms with Crippen LogP contribution in [-0.4, -0.2) is 47.6 Å². The molecular formula is C18H23N3O2. The highest BCUT2D eigenvalue weighted by Gasteiger charge is 2.35. The van der Waals surface area contributed by atoms with Gasteiger partial charge in [-0.2, -0.15) is 0 Å². The number of hydrogen-bond donors (Lipinski definition) is 2. The van der Waals surface area contributed by atoms with E-state index in [4.69, 9.17) is 0 Å². The zero-order valence-corrected chi connectivity index (χ0v) is 13.6. The number of aliphatic hydroxyl groups excluding tert-OH is 1. The average molecular weight is 313 g/mol. The lowest BCUT2D eigenvalue weighted by Crippen LogP contribution is -2.43. The molecule has 122 valence electrons. The molecule has 5 heteroatoms. The Bertz CT molecular complexity index is 695. The highest BCUT2D eigenvalue weighted by atomic mass is 16.3. The highest BCUT2D eigenvalue weighted by molar-refractivity contribution is 5.80. The molecule has 0 bridgehead atoms. The number of benzene rings is 1. The molecular weight excluding hydrogens is 290 g/mol. The molecule has 1 heterocycles. The van der Waals surface area contributed by atoms with Crippen LogP contribution in [0, 0.1) is 5.92 Å². The van der Waals surface area contributed by atoms with E-state index >= 15 is 0 Å². The zero-order valence-electron chi connectivity index (χ0n) is 13.6. The first-order valence-electron chi connectivity index (χ1n) is 8.00. The number of aromatic nitrogens is 1. The number of nitrogens with zero attached hydrogens (tertiary/aromatic N) is 2. The van der Waals surface area contributed by atoms with E-state index in [1.165, 1.54) is 0 Å². The fourth-order valence-electron chi connectivity index (χ4n) is 3.14. The standard InChI is InChI=1S/C18H23N3O2/c1-21(2)11-17(23)20-18(13-8-15(22)9-13)14-7-12-5-3-4-6-16(12)19-10-14/h3-7,10,13,15,18,22H,8-9,11H2,1-2H3,(H,20,23)/t13?,15?,18-/m1/s1. The van der Waals surface area contributed by atoms with Gasteiger partial charge in [0.1, 0.15) is 0 Å². The van der Waals surface area contributed by atoms with E-state index in [1.54, 1.807) is 0 Å². The fourth-order valence-corrected chi connectivity index (χ4v) is 3.14. The van der Waals surface area contributed by atoms with Crippen molar-refractivity contribution in [3.63, 3.8) is 0 Å². The van der Waals surface area contributed by atoms with Crippen molar-refractivity contribution in [3.05, 3.63) is 42.1 Å². The van der Waals surface area contributed by atoms with Gasteiger partial charge in [0.15, 0.2) is 0 Å². The molecule has 1 atom stereocenters. The van der Waals surface area contributed by atoms with E-state index in [2.05, 4.69) is 16.4 Å². The van der Waals surface area contributed by atoms with E-state index in [0.717, 1.165) is 29.3 Å². The number of fused-ring (bicyclic) bond motifs is 1. The Morgan fingerprint density at radius 3 is 2.83 bits per heavy atom. The maximum atomic E-state index is 12.2. The summed E-state index contributed by atoms with van der Waals surface area (Å²) in [4.78, 5) is 18.5. The second kappa shape index (κ2) is 6.64. The van der Waals surface area contributed by atoms with Crippen LogP contribution in [0.25, 0.3) is 10.9 Å². The molecule has 0 radical (unpaired) electrons. The molecule has 1 amide bonds. The van der Waals surface area contributed by atoms with Gasteiger partial charge in [-0.1, -0.05) is 18.2 Å². The van der Waals surface area contributed by atoms with Crippen LogP contribution in [0.15, 0.2) is 36.5 Å². The Morgan fingerprint density at radius 1 is 1.39 bits per heavy atom. The number of pyridine rings is 1. The van der Waals surface area contributed by atoms with Crippen molar-refractivity contribution in [2.45, 2.75) is 25.0 Å². The van der Waals surface area contributed by atoms with Crippen molar-refractivity contribution in [2.24, 2.45) is 5.92 Å². The summed E-state index contributed by atoms with van der Waals surface area (Å²) in [6, 6.07) is 9.95. The summed E-state index contributed by atoms with van der Waals surface area (Å²) < 4.78 is 0. The van der Waals surface area contributed by atoms with Crippen molar-refractivity contribution in [1.82, 2.24) is 15.2 Å². The van der Waals surface area contributed by atoms with Gasteiger partial charge < -0.3 is 15.3 Å². The molecule has 1 aliphatic carbocycles. The van der Waals surface area contributed by atoms with Gasteiger partial charge in [0.25, 0.3) is 0 Å². The summed E-state index contributed by atoms with van der Waals surface area (Å²) in [5, 5.41) is 13.8. The van der Waals surface area contributed by atoms with E-state index < -0.39 is 0 Å². The Morgan fingerprint density at radius 2 is 2.13 bits per heavy atom. The van der Waals surface area contributed by atoms with Gasteiger partial charge in [0.05, 0.1) is 24.2 Å². The van der Waals surface area contributed by atoms with Crippen LogP contribution in [0.1, 0.15) is 24.4 Å². The summed E-state index contributed by atoms with van der Waals surface area (Å²) >= 11 is 0. The maximum Gasteiger partial charge on any atom is 0.234 e. The van der Waals surface area contributed by atoms with Crippen molar-refractivity contribution in [2.75, 3.05) is 20.6 Å². The van der Waals surface area contributed by atoms with Crippen LogP contribution >= 0.6 is 0 Å². The van der Waals surface area contributed by atoms with Crippen LogP contribution < -0.4 is 5.32 Å².